The summed E-state index contributed by atoms with van der Waals surface area (Å²) in [5, 5.41) is 0. The third kappa shape index (κ3) is 7.06. The van der Waals surface area contributed by atoms with Gasteiger partial charge in [0.25, 0.3) is 0 Å². The fourth-order valence-corrected chi connectivity index (χ4v) is 3.81. The van der Waals surface area contributed by atoms with Crippen molar-refractivity contribution < 1.29 is 13.3 Å². The van der Waals surface area contributed by atoms with Crippen molar-refractivity contribution in [2.75, 3.05) is 13.2 Å². The number of rotatable bonds is 8. The molecule has 15 heavy (non-hydrogen) atoms. The van der Waals surface area contributed by atoms with Gasteiger partial charge in [-0.25, -0.2) is 0 Å². The molecule has 0 aliphatic heterocycles. The van der Waals surface area contributed by atoms with Crippen LogP contribution in [0.2, 0.25) is 6.55 Å². The monoisotopic (exact) mass is 234 g/mol. The minimum Gasteiger partial charge on any atom is -0.374 e. The van der Waals surface area contributed by atoms with E-state index < -0.39 is 8.80 Å². The van der Waals surface area contributed by atoms with E-state index >= 15 is 0 Å². The van der Waals surface area contributed by atoms with Crippen LogP contribution in [0.5, 0.6) is 0 Å². The normalized spacial score (nSPS) is 14.6. The third-order valence-electron chi connectivity index (χ3n) is 2.03. The molecule has 3 nitrogen and oxygen atoms in total. The molecule has 0 aromatic rings. The molecule has 0 amide bonds. The molecule has 0 aliphatic carbocycles. The molecule has 92 valence electrons. The van der Waals surface area contributed by atoms with Crippen LogP contribution in [-0.4, -0.2) is 28.1 Å². The van der Waals surface area contributed by atoms with Crippen LogP contribution in [0.3, 0.4) is 0 Å². The van der Waals surface area contributed by atoms with E-state index in [-0.39, 0.29) is 6.10 Å². The molecule has 0 heterocycles. The Kier molecular flexibility index (Phi) is 7.43. The van der Waals surface area contributed by atoms with Gasteiger partial charge in [0.1, 0.15) is 0 Å². The summed E-state index contributed by atoms with van der Waals surface area (Å²) in [6.07, 6.45) is 1.25. The average molecular weight is 234 g/mol. The standard InChI is InChI=1S/C11H26O3Si/c1-7-12-15(6,13-8-2)14-11(5)9-10(3)4/h10-11H,7-9H2,1-6H3. The Bertz CT molecular complexity index is 156. The van der Waals surface area contributed by atoms with Crippen LogP contribution in [0, 0.1) is 5.92 Å². The maximum atomic E-state index is 5.92. The van der Waals surface area contributed by atoms with E-state index in [1.54, 1.807) is 0 Å². The summed E-state index contributed by atoms with van der Waals surface area (Å²) in [5.74, 6) is 0.640. The zero-order valence-electron chi connectivity index (χ0n) is 11.0. The Balaban J connectivity index is 4.14. The maximum absolute atomic E-state index is 5.92. The zero-order chi connectivity index (χ0) is 11.9. The molecule has 0 aromatic heterocycles. The first-order valence-electron chi connectivity index (χ1n) is 5.89. The van der Waals surface area contributed by atoms with Crippen LogP contribution in [0.25, 0.3) is 0 Å². The Labute approximate surface area is 95.5 Å². The van der Waals surface area contributed by atoms with Crippen LogP contribution in [0.15, 0.2) is 0 Å². The molecule has 0 fully saturated rings. The zero-order valence-corrected chi connectivity index (χ0v) is 12.0. The summed E-state index contributed by atoms with van der Waals surface area (Å²) in [4.78, 5) is 0. The second kappa shape index (κ2) is 7.38. The molecule has 1 unspecified atom stereocenters. The van der Waals surface area contributed by atoms with Crippen molar-refractivity contribution in [3.8, 4) is 0 Å². The van der Waals surface area contributed by atoms with Gasteiger partial charge in [0.2, 0.25) is 0 Å². The van der Waals surface area contributed by atoms with Crippen molar-refractivity contribution in [1.29, 1.82) is 0 Å². The highest BCUT2D eigenvalue weighted by Crippen LogP contribution is 2.16. The van der Waals surface area contributed by atoms with Gasteiger partial charge in [0.15, 0.2) is 0 Å². The summed E-state index contributed by atoms with van der Waals surface area (Å²) in [6.45, 7) is 13.7. The van der Waals surface area contributed by atoms with Gasteiger partial charge in [0.05, 0.1) is 0 Å². The van der Waals surface area contributed by atoms with Crippen LogP contribution >= 0.6 is 0 Å². The summed E-state index contributed by atoms with van der Waals surface area (Å²) in [5.41, 5.74) is 0. The summed E-state index contributed by atoms with van der Waals surface area (Å²) in [6, 6.07) is 0. The van der Waals surface area contributed by atoms with Crippen LogP contribution < -0.4 is 0 Å². The Morgan fingerprint density at radius 3 is 1.80 bits per heavy atom. The van der Waals surface area contributed by atoms with E-state index in [1.807, 2.05) is 20.4 Å². The van der Waals surface area contributed by atoms with Gasteiger partial charge in [-0.15, -0.1) is 0 Å². The minimum atomic E-state index is -2.38. The summed E-state index contributed by atoms with van der Waals surface area (Å²) >= 11 is 0. The maximum Gasteiger partial charge on any atom is 0.497 e. The quantitative estimate of drug-likeness (QED) is 0.604. The Hall–Kier alpha value is 0.0969. The van der Waals surface area contributed by atoms with Gasteiger partial charge >= 0.3 is 8.80 Å². The lowest BCUT2D eigenvalue weighted by atomic mass is 10.1. The van der Waals surface area contributed by atoms with Crippen LogP contribution in [-0.2, 0) is 13.3 Å². The summed E-state index contributed by atoms with van der Waals surface area (Å²) in [7, 11) is -2.38. The lowest BCUT2D eigenvalue weighted by Crippen LogP contribution is -2.45. The first-order valence-corrected chi connectivity index (χ1v) is 8.11. The average Bonchev–Trinajstić information content (AvgIpc) is 2.01. The fraction of sp³-hybridized carbons (Fsp3) is 1.00. The third-order valence-corrected chi connectivity index (χ3v) is 4.49. The first-order chi connectivity index (χ1) is 6.93. The van der Waals surface area contributed by atoms with E-state index in [0.29, 0.717) is 19.1 Å². The molecule has 0 aromatic carbocycles. The lowest BCUT2D eigenvalue weighted by molar-refractivity contribution is 0.0375. The van der Waals surface area contributed by atoms with E-state index in [1.165, 1.54) is 0 Å². The molecule has 1 atom stereocenters. The molecule has 0 rings (SSSR count). The first kappa shape index (κ1) is 15.1. The van der Waals surface area contributed by atoms with Crippen molar-refractivity contribution in [2.24, 2.45) is 5.92 Å². The lowest BCUT2D eigenvalue weighted by Gasteiger charge is -2.29. The predicted molar refractivity (Wildman–Crippen MR) is 64.9 cm³/mol. The Morgan fingerprint density at radius 2 is 1.47 bits per heavy atom. The molecule has 0 saturated heterocycles. The molecule has 0 N–H and O–H groups in total. The number of hydrogen-bond donors (Lipinski definition) is 0. The highest BCUT2D eigenvalue weighted by Gasteiger charge is 2.35. The highest BCUT2D eigenvalue weighted by atomic mass is 28.4. The molecule has 0 aliphatic rings. The van der Waals surface area contributed by atoms with Gasteiger partial charge in [-0.1, -0.05) is 13.8 Å². The van der Waals surface area contributed by atoms with Crippen molar-refractivity contribution in [2.45, 2.75) is 53.7 Å². The minimum absolute atomic E-state index is 0.208. The second-order valence-corrected chi connectivity index (χ2v) is 6.82. The van der Waals surface area contributed by atoms with Gasteiger partial charge in [-0.3, -0.25) is 0 Å². The Morgan fingerprint density at radius 1 is 1.00 bits per heavy atom. The molecule has 0 spiro atoms. The van der Waals surface area contributed by atoms with E-state index in [9.17, 15) is 0 Å². The van der Waals surface area contributed by atoms with Gasteiger partial charge in [-0.2, -0.15) is 0 Å². The molecular formula is C11H26O3Si. The van der Waals surface area contributed by atoms with Crippen LogP contribution in [0.4, 0.5) is 0 Å². The largest absolute Gasteiger partial charge is 0.497 e. The van der Waals surface area contributed by atoms with Crippen molar-refractivity contribution in [3.05, 3.63) is 0 Å². The smallest absolute Gasteiger partial charge is 0.374 e. The molecule has 4 heteroatoms. The van der Waals surface area contributed by atoms with Crippen molar-refractivity contribution in [3.63, 3.8) is 0 Å². The fourth-order valence-electron chi connectivity index (χ4n) is 1.71. The van der Waals surface area contributed by atoms with E-state index in [2.05, 4.69) is 20.8 Å². The molecule has 0 saturated carbocycles. The van der Waals surface area contributed by atoms with Gasteiger partial charge in [-0.05, 0) is 33.1 Å². The van der Waals surface area contributed by atoms with Gasteiger partial charge in [0, 0.05) is 25.9 Å². The second-order valence-electron chi connectivity index (χ2n) is 4.29. The van der Waals surface area contributed by atoms with Crippen molar-refractivity contribution >= 4 is 8.80 Å². The van der Waals surface area contributed by atoms with E-state index in [4.69, 9.17) is 13.3 Å². The molecule has 0 bridgehead atoms. The predicted octanol–water partition coefficient (Wildman–Crippen LogP) is 3.08. The van der Waals surface area contributed by atoms with Crippen molar-refractivity contribution in [1.82, 2.24) is 0 Å². The number of hydrogen-bond acceptors (Lipinski definition) is 3. The highest BCUT2D eigenvalue weighted by molar-refractivity contribution is 6.59. The summed E-state index contributed by atoms with van der Waals surface area (Å²) < 4.78 is 17.2. The molecular weight excluding hydrogens is 208 g/mol. The topological polar surface area (TPSA) is 27.7 Å². The molecule has 0 radical (unpaired) electrons. The van der Waals surface area contributed by atoms with Crippen LogP contribution in [0.1, 0.15) is 41.0 Å². The van der Waals surface area contributed by atoms with Gasteiger partial charge < -0.3 is 13.3 Å². The van der Waals surface area contributed by atoms with E-state index in [0.717, 1.165) is 6.42 Å². The SMILES string of the molecule is CCO[Si](C)(OCC)OC(C)CC(C)C.